The van der Waals surface area contributed by atoms with Gasteiger partial charge in [-0.2, -0.15) is 0 Å². The Kier molecular flexibility index (Phi) is 5.44. The fourth-order valence-corrected chi connectivity index (χ4v) is 2.98. The molecule has 0 heterocycles. The van der Waals surface area contributed by atoms with Crippen molar-refractivity contribution in [3.05, 3.63) is 0 Å². The predicted octanol–water partition coefficient (Wildman–Crippen LogP) is 2.52. The minimum atomic E-state index is -0.736. The van der Waals surface area contributed by atoms with Crippen LogP contribution < -0.4 is 10.6 Å². The molecule has 2 N–H and O–H groups in total. The SMILES string of the molecule is CCCCNC(=O)C1(C(=O)NC2CCCCCC2)CC1. The highest BCUT2D eigenvalue weighted by molar-refractivity contribution is 6.07. The van der Waals surface area contributed by atoms with E-state index in [1.165, 1.54) is 25.7 Å². The molecule has 2 rings (SSSR count). The Balaban J connectivity index is 1.82. The van der Waals surface area contributed by atoms with E-state index in [1.807, 2.05) is 0 Å². The van der Waals surface area contributed by atoms with Gasteiger partial charge in [0.1, 0.15) is 5.41 Å². The predicted molar refractivity (Wildman–Crippen MR) is 79.2 cm³/mol. The number of rotatable bonds is 6. The first-order chi connectivity index (χ1) is 9.69. The zero-order chi connectivity index (χ0) is 14.4. The molecule has 0 atom stereocenters. The van der Waals surface area contributed by atoms with E-state index in [0.717, 1.165) is 25.7 Å². The molecule has 0 spiro atoms. The summed E-state index contributed by atoms with van der Waals surface area (Å²) in [5.41, 5.74) is -0.736. The zero-order valence-corrected chi connectivity index (χ0v) is 12.7. The van der Waals surface area contributed by atoms with E-state index in [2.05, 4.69) is 17.6 Å². The molecule has 2 aliphatic rings. The van der Waals surface area contributed by atoms with Crippen molar-refractivity contribution in [1.29, 1.82) is 0 Å². The van der Waals surface area contributed by atoms with Gasteiger partial charge in [-0.1, -0.05) is 39.0 Å². The molecule has 2 saturated carbocycles. The van der Waals surface area contributed by atoms with Gasteiger partial charge < -0.3 is 10.6 Å². The molecule has 2 aliphatic carbocycles. The summed E-state index contributed by atoms with van der Waals surface area (Å²) in [6.45, 7) is 2.78. The van der Waals surface area contributed by atoms with Crippen LogP contribution in [0.25, 0.3) is 0 Å². The topological polar surface area (TPSA) is 58.2 Å². The molecule has 0 aromatic heterocycles. The van der Waals surface area contributed by atoms with Crippen LogP contribution in [-0.2, 0) is 9.59 Å². The van der Waals surface area contributed by atoms with Crippen molar-refractivity contribution in [3.63, 3.8) is 0 Å². The lowest BCUT2D eigenvalue weighted by Crippen LogP contribution is -2.46. The first-order valence-corrected chi connectivity index (χ1v) is 8.28. The second-order valence-electron chi connectivity index (χ2n) is 6.35. The summed E-state index contributed by atoms with van der Waals surface area (Å²) in [6.07, 6.45) is 10.5. The van der Waals surface area contributed by atoms with Crippen molar-refractivity contribution in [3.8, 4) is 0 Å². The number of carbonyl (C=O) groups is 2. The second-order valence-corrected chi connectivity index (χ2v) is 6.35. The van der Waals surface area contributed by atoms with Crippen LogP contribution in [0.4, 0.5) is 0 Å². The first kappa shape index (κ1) is 15.3. The summed E-state index contributed by atoms with van der Waals surface area (Å²) in [7, 11) is 0. The van der Waals surface area contributed by atoms with Gasteiger partial charge in [-0.3, -0.25) is 9.59 Å². The third kappa shape index (κ3) is 3.74. The molecule has 0 radical (unpaired) electrons. The molecule has 4 heteroatoms. The van der Waals surface area contributed by atoms with Gasteiger partial charge in [0.05, 0.1) is 0 Å². The molecule has 2 fully saturated rings. The third-order valence-electron chi connectivity index (χ3n) is 4.63. The van der Waals surface area contributed by atoms with Gasteiger partial charge in [-0.15, -0.1) is 0 Å². The zero-order valence-electron chi connectivity index (χ0n) is 12.7. The summed E-state index contributed by atoms with van der Waals surface area (Å²) >= 11 is 0. The van der Waals surface area contributed by atoms with Gasteiger partial charge in [-0.25, -0.2) is 0 Å². The smallest absolute Gasteiger partial charge is 0.235 e. The van der Waals surface area contributed by atoms with Crippen molar-refractivity contribution >= 4 is 11.8 Å². The maximum atomic E-state index is 12.4. The fourth-order valence-electron chi connectivity index (χ4n) is 2.98. The quantitative estimate of drug-likeness (QED) is 0.446. The van der Waals surface area contributed by atoms with Crippen LogP contribution in [0.15, 0.2) is 0 Å². The fraction of sp³-hybridized carbons (Fsp3) is 0.875. The molecule has 20 heavy (non-hydrogen) atoms. The van der Waals surface area contributed by atoms with E-state index in [1.54, 1.807) is 0 Å². The van der Waals surface area contributed by atoms with Crippen molar-refractivity contribution in [2.75, 3.05) is 6.54 Å². The van der Waals surface area contributed by atoms with Crippen LogP contribution in [-0.4, -0.2) is 24.4 Å². The third-order valence-corrected chi connectivity index (χ3v) is 4.63. The average Bonchev–Trinajstić information content (AvgIpc) is 3.24. The van der Waals surface area contributed by atoms with Crippen molar-refractivity contribution in [1.82, 2.24) is 10.6 Å². The molecule has 114 valence electrons. The summed E-state index contributed by atoms with van der Waals surface area (Å²) in [5.74, 6) is -0.0875. The van der Waals surface area contributed by atoms with Gasteiger partial charge in [0.2, 0.25) is 11.8 Å². The second kappa shape index (κ2) is 7.09. The van der Waals surface area contributed by atoms with E-state index in [9.17, 15) is 9.59 Å². The van der Waals surface area contributed by atoms with Crippen LogP contribution in [0.3, 0.4) is 0 Å². The number of carbonyl (C=O) groups excluding carboxylic acids is 2. The molecular formula is C16H28N2O2. The minimum Gasteiger partial charge on any atom is -0.355 e. The highest BCUT2D eigenvalue weighted by Crippen LogP contribution is 2.46. The maximum absolute atomic E-state index is 12.4. The molecule has 0 aliphatic heterocycles. The molecule has 0 aromatic rings. The maximum Gasteiger partial charge on any atom is 0.235 e. The van der Waals surface area contributed by atoms with E-state index in [4.69, 9.17) is 0 Å². The minimum absolute atomic E-state index is 0.0293. The summed E-state index contributed by atoms with van der Waals surface area (Å²) in [4.78, 5) is 24.6. The number of amides is 2. The molecular weight excluding hydrogens is 252 g/mol. The van der Waals surface area contributed by atoms with E-state index in [0.29, 0.717) is 19.4 Å². The Bertz CT molecular complexity index is 342. The number of hydrogen-bond donors (Lipinski definition) is 2. The Hall–Kier alpha value is -1.06. The highest BCUT2D eigenvalue weighted by Gasteiger charge is 2.56. The monoisotopic (exact) mass is 280 g/mol. The van der Waals surface area contributed by atoms with Gasteiger partial charge in [0.25, 0.3) is 0 Å². The Morgan fingerprint density at radius 1 is 1.05 bits per heavy atom. The largest absolute Gasteiger partial charge is 0.355 e. The lowest BCUT2D eigenvalue weighted by atomic mass is 10.0. The number of nitrogens with one attached hydrogen (secondary N) is 2. The molecule has 2 amide bonds. The van der Waals surface area contributed by atoms with Crippen LogP contribution in [0.1, 0.15) is 71.1 Å². The molecule has 0 unspecified atom stereocenters. The standard InChI is InChI=1S/C16H28N2O2/c1-2-3-12-17-14(19)16(10-11-16)15(20)18-13-8-6-4-5-7-9-13/h13H,2-12H2,1H3,(H,17,19)(H,18,20). The van der Waals surface area contributed by atoms with Gasteiger partial charge in [0, 0.05) is 12.6 Å². The molecule has 0 saturated heterocycles. The molecule has 0 aromatic carbocycles. The molecule has 0 bridgehead atoms. The molecule has 4 nitrogen and oxygen atoms in total. The summed E-state index contributed by atoms with van der Waals surface area (Å²) in [6, 6.07) is 0.283. The number of hydrogen-bond acceptors (Lipinski definition) is 2. The van der Waals surface area contributed by atoms with Gasteiger partial charge in [-0.05, 0) is 32.1 Å². The average molecular weight is 280 g/mol. The lowest BCUT2D eigenvalue weighted by Gasteiger charge is -2.21. The van der Waals surface area contributed by atoms with Crippen LogP contribution >= 0.6 is 0 Å². The Morgan fingerprint density at radius 2 is 1.70 bits per heavy atom. The highest BCUT2D eigenvalue weighted by atomic mass is 16.2. The van der Waals surface area contributed by atoms with Gasteiger partial charge >= 0.3 is 0 Å². The van der Waals surface area contributed by atoms with Crippen LogP contribution in [0.2, 0.25) is 0 Å². The van der Waals surface area contributed by atoms with Crippen molar-refractivity contribution in [2.24, 2.45) is 5.41 Å². The summed E-state index contributed by atoms with van der Waals surface area (Å²) < 4.78 is 0. The normalized spacial score (nSPS) is 21.9. The Labute approximate surface area is 122 Å². The van der Waals surface area contributed by atoms with Gasteiger partial charge in [0.15, 0.2) is 0 Å². The van der Waals surface area contributed by atoms with E-state index < -0.39 is 5.41 Å². The lowest BCUT2D eigenvalue weighted by molar-refractivity contribution is -0.137. The van der Waals surface area contributed by atoms with E-state index in [-0.39, 0.29) is 17.9 Å². The number of unbranched alkanes of at least 4 members (excludes halogenated alkanes) is 1. The summed E-state index contributed by atoms with van der Waals surface area (Å²) in [5, 5.41) is 6.05. The van der Waals surface area contributed by atoms with Crippen molar-refractivity contribution < 1.29 is 9.59 Å². The van der Waals surface area contributed by atoms with Crippen LogP contribution in [0.5, 0.6) is 0 Å². The Morgan fingerprint density at radius 3 is 2.25 bits per heavy atom. The first-order valence-electron chi connectivity index (χ1n) is 8.28. The van der Waals surface area contributed by atoms with Crippen LogP contribution in [0, 0.1) is 5.41 Å². The van der Waals surface area contributed by atoms with E-state index >= 15 is 0 Å². The van der Waals surface area contributed by atoms with Crippen molar-refractivity contribution in [2.45, 2.75) is 77.2 Å².